The van der Waals surface area contributed by atoms with Crippen LogP contribution >= 0.6 is 22.9 Å². The van der Waals surface area contributed by atoms with Crippen LogP contribution in [0.1, 0.15) is 37.4 Å². The number of nitrogens with one attached hydrogen (secondary N) is 1. The zero-order valence-corrected chi connectivity index (χ0v) is 16.8. The molecule has 0 saturated carbocycles. The Morgan fingerprint density at radius 3 is 2.54 bits per heavy atom. The highest BCUT2D eigenvalue weighted by atomic mass is 35.5. The van der Waals surface area contributed by atoms with Crippen molar-refractivity contribution in [3.8, 4) is 16.2 Å². The van der Waals surface area contributed by atoms with Crippen LogP contribution in [0.2, 0.25) is 5.02 Å². The van der Waals surface area contributed by atoms with Crippen molar-refractivity contribution >= 4 is 34.8 Å². The minimum atomic E-state index is -0.540. The van der Waals surface area contributed by atoms with Gasteiger partial charge >= 0.3 is 6.09 Å². The van der Waals surface area contributed by atoms with Crippen molar-refractivity contribution in [2.24, 2.45) is 0 Å². The molecule has 0 spiro atoms. The van der Waals surface area contributed by atoms with Crippen molar-refractivity contribution in [2.45, 2.75) is 33.3 Å². The van der Waals surface area contributed by atoms with Crippen LogP contribution in [0, 0.1) is 0 Å². The van der Waals surface area contributed by atoms with Crippen LogP contribution in [0.5, 0.6) is 5.75 Å². The molecule has 0 atom stereocenters. The molecule has 0 saturated heterocycles. The number of ketones is 1. The molecule has 1 aromatic heterocycles. The Morgan fingerprint density at radius 2 is 1.92 bits per heavy atom. The van der Waals surface area contributed by atoms with Crippen molar-refractivity contribution in [1.82, 2.24) is 5.32 Å². The van der Waals surface area contributed by atoms with Gasteiger partial charge < -0.3 is 14.8 Å². The number of ether oxygens (including phenoxy) is 2. The summed E-state index contributed by atoms with van der Waals surface area (Å²) in [5, 5.41) is 3.11. The SMILES string of the molecule is CC(=O)c1ccc(-c2ccc(Cl)c(OCCNC(=O)OC(C)(C)C)c2)s1. The third-order valence-corrected chi connectivity index (χ3v) is 4.74. The number of benzene rings is 1. The van der Waals surface area contributed by atoms with Crippen molar-refractivity contribution in [1.29, 1.82) is 0 Å². The lowest BCUT2D eigenvalue weighted by atomic mass is 10.2. The van der Waals surface area contributed by atoms with E-state index in [1.54, 1.807) is 33.8 Å². The van der Waals surface area contributed by atoms with E-state index < -0.39 is 11.7 Å². The minimum Gasteiger partial charge on any atom is -0.490 e. The molecule has 1 heterocycles. The Balaban J connectivity index is 1.95. The number of rotatable bonds is 6. The summed E-state index contributed by atoms with van der Waals surface area (Å²) >= 11 is 7.60. The van der Waals surface area contributed by atoms with Crippen LogP contribution < -0.4 is 10.1 Å². The summed E-state index contributed by atoms with van der Waals surface area (Å²) in [6, 6.07) is 9.16. The monoisotopic (exact) mass is 395 g/mol. The molecule has 1 N–H and O–H groups in total. The topological polar surface area (TPSA) is 64.6 Å². The van der Waals surface area contributed by atoms with Gasteiger partial charge in [-0.15, -0.1) is 11.3 Å². The fourth-order valence-electron chi connectivity index (χ4n) is 2.08. The fraction of sp³-hybridized carbons (Fsp3) is 0.368. The molecule has 1 amide bonds. The van der Waals surface area contributed by atoms with E-state index in [0.717, 1.165) is 10.4 Å². The zero-order chi connectivity index (χ0) is 19.3. The highest BCUT2D eigenvalue weighted by molar-refractivity contribution is 7.17. The molecule has 1 aromatic carbocycles. The first-order valence-corrected chi connectivity index (χ1v) is 9.35. The second-order valence-corrected chi connectivity index (χ2v) is 8.13. The number of thiophene rings is 1. The van der Waals surface area contributed by atoms with E-state index in [-0.39, 0.29) is 12.4 Å². The maximum absolute atomic E-state index is 11.6. The quantitative estimate of drug-likeness (QED) is 0.541. The first kappa shape index (κ1) is 20.3. The summed E-state index contributed by atoms with van der Waals surface area (Å²) in [4.78, 5) is 24.7. The normalized spacial score (nSPS) is 11.1. The van der Waals surface area contributed by atoms with Gasteiger partial charge in [-0.2, -0.15) is 0 Å². The highest BCUT2D eigenvalue weighted by Gasteiger charge is 2.15. The molecular weight excluding hydrogens is 374 g/mol. The van der Waals surface area contributed by atoms with Crippen LogP contribution in [0.25, 0.3) is 10.4 Å². The van der Waals surface area contributed by atoms with Crippen molar-refractivity contribution in [3.63, 3.8) is 0 Å². The van der Waals surface area contributed by atoms with Gasteiger partial charge in [0.2, 0.25) is 0 Å². The lowest BCUT2D eigenvalue weighted by Crippen LogP contribution is -2.34. The third-order valence-electron chi connectivity index (χ3n) is 3.20. The smallest absolute Gasteiger partial charge is 0.407 e. The molecule has 2 rings (SSSR count). The number of amides is 1. The molecule has 0 bridgehead atoms. The summed E-state index contributed by atoms with van der Waals surface area (Å²) in [5.41, 5.74) is 0.379. The van der Waals surface area contributed by atoms with Gasteiger partial charge in [0.05, 0.1) is 16.4 Å². The largest absolute Gasteiger partial charge is 0.490 e. The Kier molecular flexibility index (Phi) is 6.67. The van der Waals surface area contributed by atoms with E-state index in [1.807, 2.05) is 24.3 Å². The Morgan fingerprint density at radius 1 is 1.19 bits per heavy atom. The molecular formula is C19H22ClNO4S. The van der Waals surface area contributed by atoms with Gasteiger partial charge in [-0.25, -0.2) is 4.79 Å². The van der Waals surface area contributed by atoms with Crippen LogP contribution in [0.4, 0.5) is 4.79 Å². The average Bonchev–Trinajstić information content (AvgIpc) is 3.01. The average molecular weight is 396 g/mol. The van der Waals surface area contributed by atoms with Gasteiger partial charge in [0, 0.05) is 4.88 Å². The fourth-order valence-corrected chi connectivity index (χ4v) is 3.15. The summed E-state index contributed by atoms with van der Waals surface area (Å²) < 4.78 is 10.8. The third kappa shape index (κ3) is 6.04. The number of Topliss-reactive ketones (excluding diaryl/α,β-unsaturated/α-hetero) is 1. The summed E-state index contributed by atoms with van der Waals surface area (Å²) in [6.07, 6.45) is -0.490. The highest BCUT2D eigenvalue weighted by Crippen LogP contribution is 2.34. The van der Waals surface area contributed by atoms with E-state index in [2.05, 4.69) is 5.32 Å². The molecule has 0 fully saturated rings. The molecule has 0 aliphatic carbocycles. The molecule has 140 valence electrons. The molecule has 0 unspecified atom stereocenters. The van der Waals surface area contributed by atoms with E-state index in [9.17, 15) is 9.59 Å². The number of carbonyl (C=O) groups is 2. The number of hydrogen-bond acceptors (Lipinski definition) is 5. The number of alkyl carbamates (subject to hydrolysis) is 1. The lowest BCUT2D eigenvalue weighted by molar-refractivity contribution is 0.0520. The summed E-state index contributed by atoms with van der Waals surface area (Å²) in [6.45, 7) is 7.50. The van der Waals surface area contributed by atoms with Crippen molar-refractivity contribution in [2.75, 3.05) is 13.2 Å². The molecule has 7 heteroatoms. The Hall–Kier alpha value is -2.05. The summed E-state index contributed by atoms with van der Waals surface area (Å²) in [5.74, 6) is 0.563. The van der Waals surface area contributed by atoms with Crippen molar-refractivity contribution < 1.29 is 19.1 Å². The van der Waals surface area contributed by atoms with E-state index in [4.69, 9.17) is 21.1 Å². The Bertz CT molecular complexity index is 795. The van der Waals surface area contributed by atoms with Crippen LogP contribution in [-0.2, 0) is 4.74 Å². The molecule has 5 nitrogen and oxygen atoms in total. The predicted molar refractivity (Wildman–Crippen MR) is 105 cm³/mol. The molecule has 26 heavy (non-hydrogen) atoms. The molecule has 2 aromatic rings. The Labute approximate surface area is 162 Å². The molecule has 0 radical (unpaired) electrons. The minimum absolute atomic E-state index is 0.0416. The first-order valence-electron chi connectivity index (χ1n) is 8.16. The maximum atomic E-state index is 11.6. The predicted octanol–water partition coefficient (Wildman–Crippen LogP) is 5.17. The van der Waals surface area contributed by atoms with Gasteiger partial charge in [0.15, 0.2) is 5.78 Å². The standard InChI is InChI=1S/C19H22ClNO4S/c1-12(22)16-7-8-17(26-16)13-5-6-14(20)15(11-13)24-10-9-21-18(23)25-19(2,3)4/h5-8,11H,9-10H2,1-4H3,(H,21,23). The van der Waals surface area contributed by atoms with Crippen LogP contribution in [0.15, 0.2) is 30.3 Å². The number of halogens is 1. The lowest BCUT2D eigenvalue weighted by Gasteiger charge is -2.19. The van der Waals surface area contributed by atoms with Crippen LogP contribution in [0.3, 0.4) is 0 Å². The van der Waals surface area contributed by atoms with Gasteiger partial charge in [-0.05, 0) is 57.5 Å². The van der Waals surface area contributed by atoms with E-state index in [0.29, 0.717) is 22.2 Å². The molecule has 0 aliphatic rings. The van der Waals surface area contributed by atoms with Crippen LogP contribution in [-0.4, -0.2) is 30.6 Å². The van der Waals surface area contributed by atoms with Crippen molar-refractivity contribution in [3.05, 3.63) is 40.2 Å². The van der Waals surface area contributed by atoms with Gasteiger partial charge in [0.25, 0.3) is 0 Å². The second-order valence-electron chi connectivity index (χ2n) is 6.64. The van der Waals surface area contributed by atoms with E-state index in [1.165, 1.54) is 11.3 Å². The summed E-state index contributed by atoms with van der Waals surface area (Å²) in [7, 11) is 0. The zero-order valence-electron chi connectivity index (χ0n) is 15.2. The van der Waals surface area contributed by atoms with E-state index >= 15 is 0 Å². The van der Waals surface area contributed by atoms with Gasteiger partial charge in [0.1, 0.15) is 18.0 Å². The maximum Gasteiger partial charge on any atom is 0.407 e. The second kappa shape index (κ2) is 8.56. The molecule has 0 aliphatic heterocycles. The first-order chi connectivity index (χ1) is 12.2. The number of hydrogen-bond donors (Lipinski definition) is 1. The van der Waals surface area contributed by atoms with Gasteiger partial charge in [-0.1, -0.05) is 17.7 Å². The number of carbonyl (C=O) groups excluding carboxylic acids is 2. The van der Waals surface area contributed by atoms with Gasteiger partial charge in [-0.3, -0.25) is 4.79 Å².